The zero-order chi connectivity index (χ0) is 28.7. The summed E-state index contributed by atoms with van der Waals surface area (Å²) in [4.78, 5) is 18.7. The van der Waals surface area contributed by atoms with Crippen LogP contribution < -0.4 is 10.5 Å². The Balaban J connectivity index is 0.000000273. The molecule has 6 heteroatoms. The number of hydrogen-bond donors (Lipinski definition) is 1. The Morgan fingerprint density at radius 3 is 2.48 bits per heavy atom. The van der Waals surface area contributed by atoms with Gasteiger partial charge in [0.05, 0.1) is 12.1 Å². The van der Waals surface area contributed by atoms with Crippen molar-refractivity contribution in [1.29, 1.82) is 0 Å². The van der Waals surface area contributed by atoms with Gasteiger partial charge in [-0.25, -0.2) is 10.6 Å². The van der Waals surface area contributed by atoms with Crippen LogP contribution >= 0.6 is 0 Å². The first kappa shape index (κ1) is 34.2. The number of hydrogen-bond acceptors (Lipinski definition) is 4. The average Bonchev–Trinajstić information content (AvgIpc) is 3.32. The van der Waals surface area contributed by atoms with Crippen molar-refractivity contribution in [3.63, 3.8) is 0 Å². The number of fused-ring (bicyclic) bond motifs is 2. The van der Waals surface area contributed by atoms with Crippen molar-refractivity contribution >= 4 is 17.4 Å². The second kappa shape index (κ2) is 15.3. The molecular formula is C34H48N3O2U-. The zero-order valence-electron chi connectivity index (χ0n) is 25.6. The second-order valence-corrected chi connectivity index (χ2v) is 11.3. The molecule has 5 rings (SSSR count). The fourth-order valence-corrected chi connectivity index (χ4v) is 5.95. The summed E-state index contributed by atoms with van der Waals surface area (Å²) in [6.45, 7) is 20.5. The number of guanidine groups is 1. The van der Waals surface area contributed by atoms with Crippen LogP contribution in [-0.2, 0) is 11.2 Å². The van der Waals surface area contributed by atoms with Gasteiger partial charge < -0.3 is 10.5 Å². The van der Waals surface area contributed by atoms with Crippen LogP contribution in [0.25, 0.3) is 5.57 Å². The maximum atomic E-state index is 12.5. The van der Waals surface area contributed by atoms with Crippen molar-refractivity contribution in [3.05, 3.63) is 71.3 Å². The summed E-state index contributed by atoms with van der Waals surface area (Å²) in [5, 5.41) is 0. The van der Waals surface area contributed by atoms with Crippen LogP contribution in [0, 0.1) is 37.7 Å². The molecule has 0 bridgehead atoms. The summed E-state index contributed by atoms with van der Waals surface area (Å²) in [5.74, 6) is 2.21. The summed E-state index contributed by atoms with van der Waals surface area (Å²) < 4.78 is 6.00. The van der Waals surface area contributed by atoms with Gasteiger partial charge in [-0.15, -0.1) is 12.1 Å². The molecule has 0 spiro atoms. The van der Waals surface area contributed by atoms with E-state index in [1.807, 2.05) is 33.8 Å². The molecule has 0 aromatic heterocycles. The molecule has 0 saturated heterocycles. The van der Waals surface area contributed by atoms with E-state index in [9.17, 15) is 4.79 Å². The van der Waals surface area contributed by atoms with Crippen LogP contribution in [0.4, 0.5) is 0 Å². The third-order valence-electron chi connectivity index (χ3n) is 7.79. The molecule has 216 valence electrons. The number of aliphatic imine (C=N–C) groups is 1. The smallest absolute Gasteiger partial charge is 0.232 e. The molecule has 40 heavy (non-hydrogen) atoms. The summed E-state index contributed by atoms with van der Waals surface area (Å²) in [6, 6.07) is 14.7. The minimum atomic E-state index is -0.0108. The van der Waals surface area contributed by atoms with Gasteiger partial charge in [-0.2, -0.15) is 5.56 Å². The first-order valence-electron chi connectivity index (χ1n) is 14.8. The number of ether oxygens (including phenoxy) is 1. The number of rotatable bonds is 5. The van der Waals surface area contributed by atoms with Gasteiger partial charge in [0, 0.05) is 37.5 Å². The monoisotopic (exact) mass is 768 g/mol. The number of aryl methyl sites for hydroxylation is 1. The topological polar surface area (TPSA) is 67.9 Å². The standard InChI is InChI=1S/C18H22N3O.C14H20O.C2H6.U/c1-4-14-10-17(22)21(18(19)20-14)16-8-7-12-5-6-13(11(2)3)9-15(12)16;1-4-7-11-10-14(2,3)15-13-9-6-5-8-12(11)13;1-2;/h2,5-6,9,14,16H,4,7-8,10H2,1,3H3,(H2,19,20);5-6,8-9,11H,4,7,10H2,1-3H3;1-2H3;/q-1;;;/t;11-;;/m.0../s1. The molecule has 0 radical (unpaired) electrons. The Hall–Kier alpha value is -2.03. The van der Waals surface area contributed by atoms with Crippen LogP contribution in [0.5, 0.6) is 5.75 Å². The van der Waals surface area contributed by atoms with Gasteiger partial charge >= 0.3 is 0 Å². The predicted octanol–water partition coefficient (Wildman–Crippen LogP) is 7.99. The minimum Gasteiger partial charge on any atom is -0.488 e. The fourth-order valence-electron chi connectivity index (χ4n) is 5.95. The zero-order valence-corrected chi connectivity index (χ0v) is 29.8. The number of benzene rings is 2. The molecule has 2 unspecified atom stereocenters. The van der Waals surface area contributed by atoms with E-state index in [2.05, 4.69) is 62.2 Å². The Morgan fingerprint density at radius 2 is 1.85 bits per heavy atom. The van der Waals surface area contributed by atoms with E-state index in [-0.39, 0.29) is 54.7 Å². The predicted molar refractivity (Wildman–Crippen MR) is 163 cm³/mol. The van der Waals surface area contributed by atoms with E-state index >= 15 is 0 Å². The molecule has 2 N–H and O–H groups in total. The second-order valence-electron chi connectivity index (χ2n) is 11.3. The Morgan fingerprint density at radius 1 is 1.15 bits per heavy atom. The van der Waals surface area contributed by atoms with Crippen LogP contribution in [0.15, 0.2) is 47.5 Å². The van der Waals surface area contributed by atoms with Crippen LogP contribution in [-0.4, -0.2) is 28.4 Å². The van der Waals surface area contributed by atoms with Gasteiger partial charge in [0.1, 0.15) is 11.4 Å². The molecule has 1 amide bonds. The SMILES string of the molecule is CC.CCC[C@H]1CC(C)(C)Oc2ccccc21.[CH-]=C(C)c1ccc2c(c1)C(N1C(=O)CC(CC)N=C1N)CC2.[U]. The fraction of sp³-hybridized carbons (Fsp3) is 0.529. The third-order valence-corrected chi connectivity index (χ3v) is 7.79. The number of amides is 1. The number of nitrogens with two attached hydrogens (primary N) is 1. The van der Waals surface area contributed by atoms with E-state index in [1.165, 1.54) is 24.0 Å². The van der Waals surface area contributed by atoms with Crippen molar-refractivity contribution in [2.45, 2.75) is 117 Å². The van der Waals surface area contributed by atoms with Gasteiger partial charge in [-0.1, -0.05) is 65.3 Å². The third kappa shape index (κ3) is 8.04. The van der Waals surface area contributed by atoms with Crippen molar-refractivity contribution in [2.75, 3.05) is 0 Å². The molecule has 1 aliphatic carbocycles. The van der Waals surface area contributed by atoms with Gasteiger partial charge in [-0.05, 0) is 74.6 Å². The Bertz CT molecular complexity index is 1190. The molecule has 3 atom stereocenters. The summed E-state index contributed by atoms with van der Waals surface area (Å²) >= 11 is 0. The van der Waals surface area contributed by atoms with Crippen LogP contribution in [0.2, 0.25) is 0 Å². The van der Waals surface area contributed by atoms with E-state index in [0.717, 1.165) is 48.1 Å². The maximum absolute atomic E-state index is 12.5. The largest absolute Gasteiger partial charge is 0.488 e. The van der Waals surface area contributed by atoms with E-state index in [0.29, 0.717) is 18.3 Å². The average molecular weight is 769 g/mol. The summed E-state index contributed by atoms with van der Waals surface area (Å²) in [5.41, 5.74) is 11.7. The van der Waals surface area contributed by atoms with Crippen molar-refractivity contribution in [1.82, 2.24) is 4.90 Å². The number of carbonyl (C=O) groups excluding carboxylic acids is 1. The van der Waals surface area contributed by atoms with E-state index < -0.39 is 0 Å². The summed E-state index contributed by atoms with van der Waals surface area (Å²) in [7, 11) is 0. The first-order chi connectivity index (χ1) is 18.6. The van der Waals surface area contributed by atoms with Gasteiger partial charge in [0.2, 0.25) is 5.91 Å². The van der Waals surface area contributed by atoms with Gasteiger partial charge in [-0.3, -0.25) is 16.3 Å². The Labute approximate surface area is 266 Å². The van der Waals surface area contributed by atoms with Crippen LogP contribution in [0.3, 0.4) is 0 Å². The minimum absolute atomic E-state index is 0. The number of nitrogens with zero attached hydrogens (tertiary/aromatic N) is 2. The Kier molecular flexibility index (Phi) is 13.0. The van der Waals surface area contributed by atoms with Gasteiger partial charge in [0.15, 0.2) is 5.96 Å². The molecule has 2 heterocycles. The molecular weight excluding hydrogens is 720 g/mol. The number of carbonyl (C=O) groups is 1. The quantitative estimate of drug-likeness (QED) is 0.314. The van der Waals surface area contributed by atoms with Crippen LogP contribution in [0.1, 0.15) is 121 Å². The molecule has 2 aromatic carbocycles. The molecule has 3 aliphatic rings. The van der Waals surface area contributed by atoms with E-state index in [4.69, 9.17) is 17.0 Å². The molecule has 0 fully saturated rings. The van der Waals surface area contributed by atoms with Crippen molar-refractivity contribution in [3.8, 4) is 5.75 Å². The maximum Gasteiger partial charge on any atom is 0.232 e. The summed E-state index contributed by atoms with van der Waals surface area (Å²) in [6.07, 6.45) is 6.79. The van der Waals surface area contributed by atoms with Crippen molar-refractivity contribution in [2.24, 2.45) is 10.7 Å². The molecule has 5 nitrogen and oxygen atoms in total. The number of para-hydroxylation sites is 1. The molecule has 0 saturated carbocycles. The molecule has 2 aliphatic heterocycles. The van der Waals surface area contributed by atoms with E-state index in [1.54, 1.807) is 4.90 Å². The number of allylic oxidation sites excluding steroid dienone is 1. The normalized spacial score (nSPS) is 22.1. The van der Waals surface area contributed by atoms with Crippen molar-refractivity contribution < 1.29 is 40.6 Å². The molecule has 2 aromatic rings. The first-order valence-corrected chi connectivity index (χ1v) is 14.8. The van der Waals surface area contributed by atoms with Gasteiger partial charge in [0.25, 0.3) is 0 Å².